The Morgan fingerprint density at radius 3 is 2.47 bits per heavy atom. The zero-order valence-corrected chi connectivity index (χ0v) is 10.4. The average Bonchev–Trinajstić information content (AvgIpc) is 2.46. The van der Waals surface area contributed by atoms with Crippen LogP contribution in [0.4, 0.5) is 5.69 Å². The molecule has 1 heterocycles. The normalized spacial score (nSPS) is 10.6. The highest BCUT2D eigenvalue weighted by Crippen LogP contribution is 2.38. The quantitative estimate of drug-likeness (QED) is 0.742. The molecule has 0 unspecified atom stereocenters. The van der Waals surface area contributed by atoms with E-state index < -0.39 is 0 Å². The molecule has 0 fully saturated rings. The lowest BCUT2D eigenvalue weighted by molar-refractivity contribution is 1.55. The Bertz CT molecular complexity index is 486. The van der Waals surface area contributed by atoms with E-state index in [0.717, 1.165) is 20.3 Å². The van der Waals surface area contributed by atoms with Crippen LogP contribution in [-0.4, -0.2) is 0 Å². The Balaban J connectivity index is 2.54. The molecule has 0 saturated carbocycles. The highest BCUT2D eigenvalue weighted by molar-refractivity contribution is 7.19. The number of rotatable bonds is 1. The first-order chi connectivity index (χ1) is 7.08. The Labute approximate surface area is 102 Å². The Kier molecular flexibility index (Phi) is 2.91. The fourth-order valence-electron chi connectivity index (χ4n) is 1.32. The topological polar surface area (TPSA) is 26.0 Å². The van der Waals surface area contributed by atoms with E-state index in [4.69, 9.17) is 28.9 Å². The molecule has 2 rings (SSSR count). The SMILES string of the molecule is Cc1cc(-c2ccc(N)cc2Cl)sc1Cl. The largest absolute Gasteiger partial charge is 0.399 e. The summed E-state index contributed by atoms with van der Waals surface area (Å²) in [5.74, 6) is 0. The van der Waals surface area contributed by atoms with Crippen LogP contribution >= 0.6 is 34.5 Å². The van der Waals surface area contributed by atoms with Crippen LogP contribution in [0.25, 0.3) is 10.4 Å². The molecule has 0 amide bonds. The third-order valence-corrected chi connectivity index (χ3v) is 4.02. The molecule has 1 nitrogen and oxygen atoms in total. The van der Waals surface area contributed by atoms with Gasteiger partial charge in [-0.1, -0.05) is 29.3 Å². The number of benzene rings is 1. The van der Waals surface area contributed by atoms with Gasteiger partial charge in [0, 0.05) is 16.1 Å². The summed E-state index contributed by atoms with van der Waals surface area (Å²) < 4.78 is 0.804. The van der Waals surface area contributed by atoms with Gasteiger partial charge >= 0.3 is 0 Å². The minimum Gasteiger partial charge on any atom is -0.399 e. The van der Waals surface area contributed by atoms with Crippen LogP contribution in [0.3, 0.4) is 0 Å². The number of anilines is 1. The summed E-state index contributed by atoms with van der Waals surface area (Å²) in [5, 5.41) is 0.660. The molecule has 0 aliphatic carbocycles. The fraction of sp³-hybridized carbons (Fsp3) is 0.0909. The maximum absolute atomic E-state index is 6.11. The molecule has 15 heavy (non-hydrogen) atoms. The molecule has 0 radical (unpaired) electrons. The molecule has 1 aromatic carbocycles. The highest BCUT2D eigenvalue weighted by Gasteiger charge is 2.08. The molecular formula is C11H9Cl2NS. The van der Waals surface area contributed by atoms with Crippen molar-refractivity contribution in [2.24, 2.45) is 0 Å². The number of hydrogen-bond acceptors (Lipinski definition) is 2. The van der Waals surface area contributed by atoms with E-state index >= 15 is 0 Å². The zero-order chi connectivity index (χ0) is 11.0. The van der Waals surface area contributed by atoms with Crippen LogP contribution in [-0.2, 0) is 0 Å². The van der Waals surface area contributed by atoms with Crippen LogP contribution in [0.1, 0.15) is 5.56 Å². The van der Waals surface area contributed by atoms with Gasteiger partial charge in [0.2, 0.25) is 0 Å². The first kappa shape index (κ1) is 10.8. The lowest BCUT2D eigenvalue weighted by Crippen LogP contribution is -1.84. The molecule has 4 heteroatoms. The third kappa shape index (κ3) is 2.12. The fourth-order valence-corrected chi connectivity index (χ4v) is 2.91. The van der Waals surface area contributed by atoms with Crippen molar-refractivity contribution in [1.29, 1.82) is 0 Å². The molecule has 0 aliphatic rings. The van der Waals surface area contributed by atoms with Crippen molar-refractivity contribution in [1.82, 2.24) is 0 Å². The van der Waals surface area contributed by atoms with Crippen molar-refractivity contribution in [3.63, 3.8) is 0 Å². The number of thiophene rings is 1. The summed E-state index contributed by atoms with van der Waals surface area (Å²) >= 11 is 13.7. The van der Waals surface area contributed by atoms with Gasteiger partial charge in [-0.05, 0) is 30.7 Å². The summed E-state index contributed by atoms with van der Waals surface area (Å²) in [7, 11) is 0. The highest BCUT2D eigenvalue weighted by atomic mass is 35.5. The molecule has 78 valence electrons. The summed E-state index contributed by atoms with van der Waals surface area (Å²) in [6.45, 7) is 1.98. The van der Waals surface area contributed by atoms with Crippen molar-refractivity contribution < 1.29 is 0 Å². The molecule has 0 bridgehead atoms. The molecule has 2 aromatic rings. The van der Waals surface area contributed by atoms with Gasteiger partial charge in [0.15, 0.2) is 0 Å². The van der Waals surface area contributed by atoms with Crippen LogP contribution < -0.4 is 5.73 Å². The second kappa shape index (κ2) is 4.05. The smallest absolute Gasteiger partial charge is 0.0963 e. The van der Waals surface area contributed by atoms with Gasteiger partial charge in [-0.2, -0.15) is 0 Å². The summed E-state index contributed by atoms with van der Waals surface area (Å²) in [5.41, 5.74) is 8.35. The number of aryl methyl sites for hydroxylation is 1. The maximum atomic E-state index is 6.11. The minimum absolute atomic E-state index is 0.660. The van der Waals surface area contributed by atoms with Crippen molar-refractivity contribution in [3.05, 3.63) is 39.2 Å². The number of nitrogens with two attached hydrogens (primary N) is 1. The first-order valence-electron chi connectivity index (χ1n) is 4.39. The number of hydrogen-bond donors (Lipinski definition) is 1. The van der Waals surface area contributed by atoms with E-state index in [-0.39, 0.29) is 0 Å². The summed E-state index contributed by atoms with van der Waals surface area (Å²) in [4.78, 5) is 1.07. The van der Waals surface area contributed by atoms with Crippen molar-refractivity contribution in [2.75, 3.05) is 5.73 Å². The van der Waals surface area contributed by atoms with Crippen LogP contribution in [0, 0.1) is 6.92 Å². The minimum atomic E-state index is 0.660. The number of halogens is 2. The van der Waals surface area contributed by atoms with E-state index in [1.807, 2.05) is 25.1 Å². The van der Waals surface area contributed by atoms with Crippen molar-refractivity contribution in [3.8, 4) is 10.4 Å². The lowest BCUT2D eigenvalue weighted by atomic mass is 10.1. The standard InChI is InChI=1S/C11H9Cl2NS/c1-6-4-10(15-11(6)13)8-3-2-7(14)5-9(8)12/h2-5H,14H2,1H3. The van der Waals surface area contributed by atoms with Crippen LogP contribution in [0.2, 0.25) is 9.36 Å². The van der Waals surface area contributed by atoms with Gasteiger partial charge in [0.1, 0.15) is 0 Å². The van der Waals surface area contributed by atoms with Gasteiger partial charge in [-0.15, -0.1) is 11.3 Å². The molecule has 1 aromatic heterocycles. The van der Waals surface area contributed by atoms with Crippen LogP contribution in [0.15, 0.2) is 24.3 Å². The van der Waals surface area contributed by atoms with E-state index in [0.29, 0.717) is 10.7 Å². The molecule has 0 saturated heterocycles. The molecule has 0 spiro atoms. The predicted octanol–water partition coefficient (Wildman–Crippen LogP) is 4.61. The maximum Gasteiger partial charge on any atom is 0.0963 e. The van der Waals surface area contributed by atoms with E-state index in [2.05, 4.69) is 0 Å². The van der Waals surface area contributed by atoms with Gasteiger partial charge in [-0.25, -0.2) is 0 Å². The van der Waals surface area contributed by atoms with Gasteiger partial charge in [0.25, 0.3) is 0 Å². The van der Waals surface area contributed by atoms with Gasteiger partial charge in [0.05, 0.1) is 9.36 Å². The summed E-state index contributed by atoms with van der Waals surface area (Å²) in [6.07, 6.45) is 0. The average molecular weight is 258 g/mol. The zero-order valence-electron chi connectivity index (χ0n) is 8.05. The first-order valence-corrected chi connectivity index (χ1v) is 5.96. The molecular weight excluding hydrogens is 249 g/mol. The van der Waals surface area contributed by atoms with E-state index in [1.54, 1.807) is 6.07 Å². The third-order valence-electron chi connectivity index (χ3n) is 2.12. The second-order valence-corrected chi connectivity index (χ2v) is 5.37. The second-order valence-electron chi connectivity index (χ2n) is 3.31. The van der Waals surface area contributed by atoms with Gasteiger partial charge in [-0.3, -0.25) is 0 Å². The van der Waals surface area contributed by atoms with Crippen molar-refractivity contribution >= 4 is 40.2 Å². The predicted molar refractivity (Wildman–Crippen MR) is 68.9 cm³/mol. The summed E-state index contributed by atoms with van der Waals surface area (Å²) in [6, 6.07) is 7.54. The molecule has 2 N–H and O–H groups in total. The molecule has 0 atom stereocenters. The molecule has 0 aliphatic heterocycles. The Hall–Kier alpha value is -0.700. The number of nitrogen functional groups attached to an aromatic ring is 1. The monoisotopic (exact) mass is 257 g/mol. The lowest BCUT2D eigenvalue weighted by Gasteiger charge is -2.01. The van der Waals surface area contributed by atoms with Crippen LogP contribution in [0.5, 0.6) is 0 Å². The van der Waals surface area contributed by atoms with Gasteiger partial charge < -0.3 is 5.73 Å². The van der Waals surface area contributed by atoms with E-state index in [1.165, 1.54) is 11.3 Å². The van der Waals surface area contributed by atoms with Crippen molar-refractivity contribution in [2.45, 2.75) is 6.92 Å². The Morgan fingerprint density at radius 1 is 1.20 bits per heavy atom. The van der Waals surface area contributed by atoms with E-state index in [9.17, 15) is 0 Å². The Morgan fingerprint density at radius 2 is 1.93 bits per heavy atom.